The molecule has 2 heterocycles. The number of para-hydroxylation sites is 1. The maximum Gasteiger partial charge on any atom is 0.264 e. The van der Waals surface area contributed by atoms with Gasteiger partial charge in [-0.2, -0.15) is 0 Å². The van der Waals surface area contributed by atoms with Crippen molar-refractivity contribution in [2.75, 3.05) is 29.5 Å². The van der Waals surface area contributed by atoms with Crippen LogP contribution in [0.5, 0.6) is 0 Å². The van der Waals surface area contributed by atoms with Crippen LogP contribution in [0.15, 0.2) is 91.0 Å². The van der Waals surface area contributed by atoms with Crippen molar-refractivity contribution in [2.24, 2.45) is 5.92 Å². The summed E-state index contributed by atoms with van der Waals surface area (Å²) in [6.07, 6.45) is 4.91. The average Bonchev–Trinajstić information content (AvgIpc) is 3.53. The fraction of sp³-hybridized carbons (Fsp3) is 0.324. The summed E-state index contributed by atoms with van der Waals surface area (Å²) in [6, 6.07) is 24.5. The molecule has 5 rings (SSSR count). The Hall–Kier alpha value is -4.27. The summed E-state index contributed by atoms with van der Waals surface area (Å²) in [6.45, 7) is 3.24. The topological polar surface area (TPSA) is 101 Å². The Kier molecular flexibility index (Phi) is 8.85. The van der Waals surface area contributed by atoms with Crippen LogP contribution >= 0.6 is 0 Å². The van der Waals surface area contributed by atoms with Crippen molar-refractivity contribution >= 4 is 29.1 Å². The highest BCUT2D eigenvalue weighted by atomic mass is 16.3. The standard InChI is InChI=1S/C34H37N3O5/c1-25(9-7-14-31(39)35(21-22-38)23-26-10-3-2-4-11-26)34(42)29-12-5-6-13-30(29)37(33(34)41)24-27-16-18-28(19-17-27)36-20-8-15-32(36)40/h2-7,9-13,16-19,25,38,42H,8,14-15,20-24H2,1H3/b9-7+/t25-,34+/m1/s1. The van der Waals surface area contributed by atoms with Crippen LogP contribution in [0.1, 0.15) is 42.9 Å². The van der Waals surface area contributed by atoms with Crippen LogP contribution < -0.4 is 9.80 Å². The Balaban J connectivity index is 1.29. The van der Waals surface area contributed by atoms with E-state index in [1.807, 2.05) is 66.7 Å². The van der Waals surface area contributed by atoms with Crippen molar-refractivity contribution in [3.05, 3.63) is 108 Å². The highest BCUT2D eigenvalue weighted by Crippen LogP contribution is 2.45. The fourth-order valence-corrected chi connectivity index (χ4v) is 5.80. The normalized spacial score (nSPS) is 19.0. The summed E-state index contributed by atoms with van der Waals surface area (Å²) in [7, 11) is 0. The van der Waals surface area contributed by atoms with E-state index in [1.54, 1.807) is 45.9 Å². The van der Waals surface area contributed by atoms with Gasteiger partial charge in [0, 0.05) is 49.6 Å². The van der Waals surface area contributed by atoms with E-state index in [9.17, 15) is 24.6 Å². The van der Waals surface area contributed by atoms with Gasteiger partial charge in [-0.05, 0) is 35.7 Å². The molecule has 0 bridgehead atoms. The SMILES string of the molecule is C[C@H](/C=C/CC(=O)N(CCO)Cc1ccccc1)[C@@]1(O)C(=O)N(Cc2ccc(N3CCCC3=O)cc2)c2ccccc21. The minimum Gasteiger partial charge on any atom is -0.395 e. The van der Waals surface area contributed by atoms with Gasteiger partial charge in [-0.15, -0.1) is 0 Å². The molecule has 0 aliphatic carbocycles. The molecule has 3 amide bonds. The molecular weight excluding hydrogens is 530 g/mol. The van der Waals surface area contributed by atoms with Gasteiger partial charge in [0.05, 0.1) is 18.8 Å². The van der Waals surface area contributed by atoms with Gasteiger partial charge in [-0.1, -0.05) is 79.7 Å². The molecule has 2 aliphatic heterocycles. The van der Waals surface area contributed by atoms with Gasteiger partial charge < -0.3 is 24.9 Å². The van der Waals surface area contributed by atoms with E-state index in [0.717, 1.165) is 23.2 Å². The molecule has 0 radical (unpaired) electrons. The van der Waals surface area contributed by atoms with Crippen molar-refractivity contribution in [1.29, 1.82) is 0 Å². The minimum absolute atomic E-state index is 0.0820. The number of aliphatic hydroxyl groups excluding tert-OH is 1. The molecule has 0 aromatic heterocycles. The van der Waals surface area contributed by atoms with Gasteiger partial charge >= 0.3 is 0 Å². The Morgan fingerprint density at radius 1 is 1.00 bits per heavy atom. The van der Waals surface area contributed by atoms with Crippen molar-refractivity contribution in [3.63, 3.8) is 0 Å². The number of hydrogen-bond acceptors (Lipinski definition) is 5. The number of anilines is 2. The molecule has 2 aliphatic rings. The molecule has 1 fully saturated rings. The van der Waals surface area contributed by atoms with Gasteiger partial charge in [0.1, 0.15) is 0 Å². The summed E-state index contributed by atoms with van der Waals surface area (Å²) in [5.41, 5.74) is 2.10. The maximum atomic E-state index is 13.8. The molecule has 0 unspecified atom stereocenters. The zero-order valence-electron chi connectivity index (χ0n) is 23.9. The Morgan fingerprint density at radius 2 is 1.71 bits per heavy atom. The molecule has 8 heteroatoms. The van der Waals surface area contributed by atoms with Crippen LogP contribution in [0.4, 0.5) is 11.4 Å². The zero-order valence-corrected chi connectivity index (χ0v) is 23.9. The summed E-state index contributed by atoms with van der Waals surface area (Å²) < 4.78 is 0. The number of benzene rings is 3. The number of rotatable bonds is 11. The van der Waals surface area contributed by atoms with E-state index in [-0.39, 0.29) is 37.9 Å². The third-order valence-corrected chi connectivity index (χ3v) is 8.15. The van der Waals surface area contributed by atoms with E-state index in [1.165, 1.54) is 0 Å². The molecule has 0 saturated carbocycles. The molecule has 42 heavy (non-hydrogen) atoms. The number of hydrogen-bond donors (Lipinski definition) is 2. The molecule has 1 saturated heterocycles. The van der Waals surface area contributed by atoms with Crippen molar-refractivity contribution < 1.29 is 24.6 Å². The lowest BCUT2D eigenvalue weighted by atomic mass is 9.83. The maximum absolute atomic E-state index is 13.8. The van der Waals surface area contributed by atoms with Crippen LogP contribution in [0.2, 0.25) is 0 Å². The number of amides is 3. The van der Waals surface area contributed by atoms with E-state index in [4.69, 9.17) is 0 Å². The number of carbonyl (C=O) groups is 3. The quantitative estimate of drug-likeness (QED) is 0.339. The van der Waals surface area contributed by atoms with Gasteiger partial charge in [-0.3, -0.25) is 14.4 Å². The molecular formula is C34H37N3O5. The molecule has 0 spiro atoms. The van der Waals surface area contributed by atoms with Gasteiger partial charge in [0.2, 0.25) is 11.8 Å². The van der Waals surface area contributed by atoms with E-state index >= 15 is 0 Å². The minimum atomic E-state index is -1.78. The largest absolute Gasteiger partial charge is 0.395 e. The lowest BCUT2D eigenvalue weighted by molar-refractivity contribution is -0.139. The van der Waals surface area contributed by atoms with E-state index < -0.39 is 17.4 Å². The lowest BCUT2D eigenvalue weighted by Gasteiger charge is -2.28. The first kappa shape index (κ1) is 29.2. The Labute approximate surface area is 246 Å². The summed E-state index contributed by atoms with van der Waals surface area (Å²) >= 11 is 0. The number of fused-ring (bicyclic) bond motifs is 1. The molecule has 3 aromatic rings. The smallest absolute Gasteiger partial charge is 0.264 e. The third-order valence-electron chi connectivity index (χ3n) is 8.15. The summed E-state index contributed by atoms with van der Waals surface area (Å²) in [5, 5.41) is 21.4. The molecule has 2 N–H and O–H groups in total. The van der Waals surface area contributed by atoms with Crippen LogP contribution in [0, 0.1) is 5.92 Å². The van der Waals surface area contributed by atoms with Crippen LogP contribution in [-0.4, -0.2) is 52.5 Å². The number of aliphatic hydroxyl groups is 2. The monoisotopic (exact) mass is 567 g/mol. The first-order valence-electron chi connectivity index (χ1n) is 14.4. The van der Waals surface area contributed by atoms with E-state index in [2.05, 4.69) is 0 Å². The first-order valence-corrected chi connectivity index (χ1v) is 14.4. The van der Waals surface area contributed by atoms with Crippen LogP contribution in [-0.2, 0) is 33.1 Å². The third kappa shape index (κ3) is 5.86. The second-order valence-corrected chi connectivity index (χ2v) is 10.9. The Morgan fingerprint density at radius 3 is 2.40 bits per heavy atom. The fourth-order valence-electron chi connectivity index (χ4n) is 5.80. The Bertz CT molecular complexity index is 1460. The lowest BCUT2D eigenvalue weighted by Crippen LogP contribution is -2.44. The highest BCUT2D eigenvalue weighted by molar-refractivity contribution is 6.07. The van der Waals surface area contributed by atoms with Crippen LogP contribution in [0.3, 0.4) is 0 Å². The predicted octanol–water partition coefficient (Wildman–Crippen LogP) is 4.15. The van der Waals surface area contributed by atoms with Crippen LogP contribution in [0.25, 0.3) is 0 Å². The highest BCUT2D eigenvalue weighted by Gasteiger charge is 2.52. The number of nitrogens with zero attached hydrogens (tertiary/aromatic N) is 3. The van der Waals surface area contributed by atoms with Gasteiger partial charge in [-0.25, -0.2) is 0 Å². The second-order valence-electron chi connectivity index (χ2n) is 10.9. The van der Waals surface area contributed by atoms with Crippen molar-refractivity contribution in [3.8, 4) is 0 Å². The first-order chi connectivity index (χ1) is 20.3. The van der Waals surface area contributed by atoms with Gasteiger partial charge in [0.15, 0.2) is 5.60 Å². The van der Waals surface area contributed by atoms with E-state index in [0.29, 0.717) is 30.8 Å². The zero-order chi connectivity index (χ0) is 29.7. The molecule has 218 valence electrons. The molecule has 8 nitrogen and oxygen atoms in total. The second kappa shape index (κ2) is 12.7. The molecule has 2 atom stereocenters. The summed E-state index contributed by atoms with van der Waals surface area (Å²) in [4.78, 5) is 43.9. The molecule has 3 aromatic carbocycles. The van der Waals surface area contributed by atoms with Crippen molar-refractivity contribution in [1.82, 2.24) is 4.90 Å². The predicted molar refractivity (Wildman–Crippen MR) is 161 cm³/mol. The van der Waals surface area contributed by atoms with Crippen molar-refractivity contribution in [2.45, 2.75) is 44.9 Å². The average molecular weight is 568 g/mol. The summed E-state index contributed by atoms with van der Waals surface area (Å²) in [5.74, 6) is -1.05. The van der Waals surface area contributed by atoms with Gasteiger partial charge in [0.25, 0.3) is 5.91 Å². The number of carbonyl (C=O) groups excluding carboxylic acids is 3.